The number of hydrogen-bond donors (Lipinski definition) is 1. The summed E-state index contributed by atoms with van der Waals surface area (Å²) in [6.07, 6.45) is 0.718. The van der Waals surface area contributed by atoms with Gasteiger partial charge in [0.25, 0.3) is 0 Å². The second kappa shape index (κ2) is 6.33. The molecular formula is C16H21N3O3S. The highest BCUT2D eigenvalue weighted by Gasteiger charge is 2.26. The van der Waals surface area contributed by atoms with E-state index in [-0.39, 0.29) is 5.75 Å². The minimum Gasteiger partial charge on any atom is -0.379 e. The molecule has 0 saturated heterocycles. The summed E-state index contributed by atoms with van der Waals surface area (Å²) < 4.78 is 30.7. The molecule has 0 spiro atoms. The molecule has 1 aromatic carbocycles. The molecule has 0 aliphatic carbocycles. The van der Waals surface area contributed by atoms with E-state index >= 15 is 0 Å². The van der Waals surface area contributed by atoms with E-state index in [1.54, 1.807) is 11.2 Å². The second-order valence-electron chi connectivity index (χ2n) is 5.71. The quantitative estimate of drug-likeness (QED) is 0.907. The molecule has 0 saturated carbocycles. The van der Waals surface area contributed by atoms with Gasteiger partial charge in [0.15, 0.2) is 0 Å². The lowest BCUT2D eigenvalue weighted by molar-refractivity contribution is 0.390. The minimum atomic E-state index is -3.14. The molecule has 1 aromatic heterocycles. The van der Waals surface area contributed by atoms with E-state index in [4.69, 9.17) is 4.52 Å². The molecular weight excluding hydrogens is 314 g/mol. The Labute approximate surface area is 136 Å². The molecule has 0 amide bonds. The third-order valence-corrected chi connectivity index (χ3v) is 5.95. The molecule has 0 unspecified atom stereocenters. The lowest BCUT2D eigenvalue weighted by Gasteiger charge is -2.29. The van der Waals surface area contributed by atoms with E-state index in [0.717, 1.165) is 29.1 Å². The summed E-state index contributed by atoms with van der Waals surface area (Å²) in [5.74, 6) is 0.934. The van der Waals surface area contributed by atoms with Crippen molar-refractivity contribution in [2.75, 3.05) is 17.6 Å². The van der Waals surface area contributed by atoms with Gasteiger partial charge >= 0.3 is 0 Å². The van der Waals surface area contributed by atoms with E-state index in [1.807, 2.05) is 31.2 Å². The Hall–Kier alpha value is -1.86. The predicted molar refractivity (Wildman–Crippen MR) is 88.6 cm³/mol. The molecule has 0 atom stereocenters. The van der Waals surface area contributed by atoms with Crippen molar-refractivity contribution in [1.82, 2.24) is 9.46 Å². The van der Waals surface area contributed by atoms with Crippen molar-refractivity contribution < 1.29 is 12.9 Å². The first-order chi connectivity index (χ1) is 11.0. The first-order valence-electron chi connectivity index (χ1n) is 7.74. The van der Waals surface area contributed by atoms with Crippen LogP contribution in [0.5, 0.6) is 0 Å². The zero-order valence-corrected chi connectivity index (χ0v) is 14.2. The maximum Gasteiger partial charge on any atom is 0.214 e. The maximum atomic E-state index is 12.1. The van der Waals surface area contributed by atoms with E-state index in [2.05, 4.69) is 10.5 Å². The maximum absolute atomic E-state index is 12.1. The summed E-state index contributed by atoms with van der Waals surface area (Å²) in [6.45, 7) is 5.12. The number of hydrogen-bond acceptors (Lipinski definition) is 5. The van der Waals surface area contributed by atoms with Crippen LogP contribution in [0.3, 0.4) is 0 Å². The Kier molecular flexibility index (Phi) is 4.41. The normalized spacial score (nSPS) is 15.4. The Bertz CT molecular complexity index is 799. The highest BCUT2D eigenvalue weighted by molar-refractivity contribution is 7.89. The van der Waals surface area contributed by atoms with Crippen LogP contribution in [0.2, 0.25) is 0 Å². The minimum absolute atomic E-state index is 0.145. The van der Waals surface area contributed by atoms with E-state index in [0.29, 0.717) is 19.6 Å². The number of aryl methyl sites for hydroxylation is 1. The van der Waals surface area contributed by atoms with Crippen LogP contribution in [-0.2, 0) is 29.5 Å². The van der Waals surface area contributed by atoms with E-state index in [9.17, 15) is 8.42 Å². The summed E-state index contributed by atoms with van der Waals surface area (Å²) in [4.78, 5) is 0. The molecule has 7 heteroatoms. The SMILES string of the molecule is CCS(=O)(=O)N1CCc2c(cccc2NCc2cc(C)on2)C1. The average molecular weight is 335 g/mol. The Balaban J connectivity index is 1.77. The van der Waals surface area contributed by atoms with Gasteiger partial charge in [0.1, 0.15) is 11.5 Å². The van der Waals surface area contributed by atoms with Crippen molar-refractivity contribution in [1.29, 1.82) is 0 Å². The van der Waals surface area contributed by atoms with Crippen molar-refractivity contribution in [2.45, 2.75) is 33.4 Å². The van der Waals surface area contributed by atoms with Gasteiger partial charge in [-0.05, 0) is 37.5 Å². The first-order valence-corrected chi connectivity index (χ1v) is 9.35. The van der Waals surface area contributed by atoms with Crippen molar-refractivity contribution in [3.8, 4) is 0 Å². The summed E-state index contributed by atoms with van der Waals surface area (Å²) in [5.41, 5.74) is 4.15. The zero-order chi connectivity index (χ0) is 16.4. The average Bonchev–Trinajstić information content (AvgIpc) is 2.97. The second-order valence-corrected chi connectivity index (χ2v) is 7.97. The highest BCUT2D eigenvalue weighted by Crippen LogP contribution is 2.28. The number of rotatable bonds is 5. The predicted octanol–water partition coefficient (Wildman–Crippen LogP) is 2.30. The molecule has 0 radical (unpaired) electrons. The van der Waals surface area contributed by atoms with Gasteiger partial charge in [-0.2, -0.15) is 4.31 Å². The van der Waals surface area contributed by atoms with Gasteiger partial charge in [-0.3, -0.25) is 0 Å². The van der Waals surface area contributed by atoms with Gasteiger partial charge in [-0.25, -0.2) is 8.42 Å². The fourth-order valence-electron chi connectivity index (χ4n) is 2.86. The van der Waals surface area contributed by atoms with Crippen molar-refractivity contribution >= 4 is 15.7 Å². The van der Waals surface area contributed by atoms with Crippen LogP contribution < -0.4 is 5.32 Å². The lowest BCUT2D eigenvalue weighted by Crippen LogP contribution is -2.37. The van der Waals surface area contributed by atoms with Crippen LogP contribution in [0.25, 0.3) is 0 Å². The van der Waals surface area contributed by atoms with E-state index in [1.165, 1.54) is 5.56 Å². The van der Waals surface area contributed by atoms with Crippen LogP contribution in [-0.4, -0.2) is 30.2 Å². The van der Waals surface area contributed by atoms with Gasteiger partial charge in [-0.1, -0.05) is 17.3 Å². The molecule has 3 rings (SSSR count). The lowest BCUT2D eigenvalue weighted by atomic mass is 9.99. The van der Waals surface area contributed by atoms with Crippen LogP contribution in [0.1, 0.15) is 29.5 Å². The number of nitrogens with zero attached hydrogens (tertiary/aromatic N) is 2. The third kappa shape index (κ3) is 3.40. The number of anilines is 1. The topological polar surface area (TPSA) is 75.4 Å². The van der Waals surface area contributed by atoms with Gasteiger partial charge in [0.2, 0.25) is 10.0 Å². The fraction of sp³-hybridized carbons (Fsp3) is 0.438. The summed E-state index contributed by atoms with van der Waals surface area (Å²) in [7, 11) is -3.14. The Morgan fingerprint density at radius 3 is 2.91 bits per heavy atom. The van der Waals surface area contributed by atoms with Crippen LogP contribution >= 0.6 is 0 Å². The molecule has 2 heterocycles. The largest absolute Gasteiger partial charge is 0.379 e. The van der Waals surface area contributed by atoms with Crippen LogP contribution in [0.4, 0.5) is 5.69 Å². The van der Waals surface area contributed by atoms with Gasteiger partial charge in [0, 0.05) is 24.8 Å². The van der Waals surface area contributed by atoms with Crippen molar-refractivity contribution in [2.24, 2.45) is 0 Å². The van der Waals surface area contributed by atoms with Crippen LogP contribution in [0, 0.1) is 6.92 Å². The van der Waals surface area contributed by atoms with Gasteiger partial charge < -0.3 is 9.84 Å². The molecule has 124 valence electrons. The Morgan fingerprint density at radius 1 is 1.39 bits per heavy atom. The molecule has 1 aliphatic rings. The van der Waals surface area contributed by atoms with Crippen LogP contribution in [0.15, 0.2) is 28.8 Å². The molecule has 23 heavy (non-hydrogen) atoms. The number of sulfonamides is 1. The molecule has 1 aliphatic heterocycles. The monoisotopic (exact) mass is 335 g/mol. The molecule has 6 nitrogen and oxygen atoms in total. The summed E-state index contributed by atoms with van der Waals surface area (Å²) in [6, 6.07) is 7.88. The van der Waals surface area contributed by atoms with Crippen molar-refractivity contribution in [3.63, 3.8) is 0 Å². The molecule has 2 aromatic rings. The first kappa shape index (κ1) is 16.0. The Morgan fingerprint density at radius 2 is 2.22 bits per heavy atom. The number of aromatic nitrogens is 1. The number of benzene rings is 1. The fourth-order valence-corrected chi connectivity index (χ4v) is 3.93. The number of fused-ring (bicyclic) bond motifs is 1. The van der Waals surface area contributed by atoms with Gasteiger partial charge in [0.05, 0.1) is 12.3 Å². The standard InChI is InChI=1S/C16H21N3O3S/c1-3-23(20,21)19-8-7-15-13(11-19)5-4-6-16(15)17-10-14-9-12(2)22-18-14/h4-6,9,17H,3,7-8,10-11H2,1-2H3. The zero-order valence-electron chi connectivity index (χ0n) is 13.4. The summed E-state index contributed by atoms with van der Waals surface area (Å²) in [5, 5.41) is 7.35. The molecule has 1 N–H and O–H groups in total. The smallest absolute Gasteiger partial charge is 0.214 e. The van der Waals surface area contributed by atoms with Gasteiger partial charge in [-0.15, -0.1) is 0 Å². The summed E-state index contributed by atoms with van der Waals surface area (Å²) >= 11 is 0. The number of nitrogens with one attached hydrogen (secondary N) is 1. The van der Waals surface area contributed by atoms with Crippen molar-refractivity contribution in [3.05, 3.63) is 46.8 Å². The van der Waals surface area contributed by atoms with E-state index < -0.39 is 10.0 Å². The third-order valence-electron chi connectivity index (χ3n) is 4.13. The highest BCUT2D eigenvalue weighted by atomic mass is 32.2. The molecule has 0 bridgehead atoms. The molecule has 0 fully saturated rings.